The monoisotopic (exact) mass is 1110 g/mol. The Labute approximate surface area is 487 Å². The van der Waals surface area contributed by atoms with Crippen molar-refractivity contribution in [3.63, 3.8) is 0 Å². The van der Waals surface area contributed by atoms with E-state index in [0.29, 0.717) is 75.1 Å². The molecular weight excluding hydrogens is 1020 g/mol. The van der Waals surface area contributed by atoms with Crippen LogP contribution < -0.4 is 21.3 Å². The van der Waals surface area contributed by atoms with Crippen LogP contribution in [0.1, 0.15) is 147 Å². The van der Waals surface area contributed by atoms with Crippen LogP contribution in [0.15, 0.2) is 109 Å². The topological polar surface area (TPSA) is 163 Å². The Kier molecular flexibility index (Phi) is 20.3. The first-order valence-electron chi connectivity index (χ1n) is 31.5. The van der Waals surface area contributed by atoms with Crippen molar-refractivity contribution in [3.05, 3.63) is 131 Å². The molecular formula is C68H90N8O6. The van der Waals surface area contributed by atoms with Crippen LogP contribution in [0.25, 0.3) is 11.1 Å². The molecule has 4 aromatic rings. The van der Waals surface area contributed by atoms with E-state index in [1.807, 2.05) is 119 Å². The van der Waals surface area contributed by atoms with Crippen LogP contribution >= 0.6 is 0 Å². The molecule has 4 N–H and O–H groups in total. The molecule has 2 aliphatic heterocycles. The standard InChI is InChI=1S/C68H90N8O6/c1-69-59(53-31-32-53)63(77)71-61(51-21-11-5-12-22-51)67(81)75-41-15-25-57(75)45-73(43-39-47-17-7-3-8-18-47)65(79)55-35-27-49(28-36-55)50-29-37-56(38-30-50)66(80)74(44-40-48-19-9-4-10-20-48)46-58-26-16-42-76(58)68(82)62(52-23-13-6-14-24-52)72-64(78)60(70-2)54-33-34-54/h3-4,7-10,17-20,27-30,35-38,51-54,57-62,69-70H,5-6,11-16,21-26,31-34,39-46H2,1-2H3,(H,71,77)(H,72,78)/t57-,58-,59-,60-,61-,62-/m0/s1. The fourth-order valence-corrected chi connectivity index (χ4v) is 14.0. The van der Waals surface area contributed by atoms with Gasteiger partial charge in [0.05, 0.1) is 12.1 Å². The van der Waals surface area contributed by atoms with Gasteiger partial charge in [-0.05, 0) is 174 Å². The van der Waals surface area contributed by atoms with Crippen molar-refractivity contribution in [3.8, 4) is 11.1 Å². The van der Waals surface area contributed by atoms with Crippen molar-refractivity contribution in [2.75, 3.05) is 53.4 Å². The number of benzene rings is 4. The van der Waals surface area contributed by atoms with Crippen molar-refractivity contribution in [1.29, 1.82) is 0 Å². The van der Waals surface area contributed by atoms with Gasteiger partial charge in [0.1, 0.15) is 12.1 Å². The highest BCUT2D eigenvalue weighted by Gasteiger charge is 2.44. The van der Waals surface area contributed by atoms with Gasteiger partial charge in [-0.15, -0.1) is 0 Å². The molecule has 0 aromatic heterocycles. The highest BCUT2D eigenvalue weighted by molar-refractivity contribution is 5.96. The van der Waals surface area contributed by atoms with E-state index in [2.05, 4.69) is 45.5 Å². The number of nitrogens with one attached hydrogen (secondary N) is 4. The summed E-state index contributed by atoms with van der Waals surface area (Å²) in [5, 5.41) is 13.0. The predicted octanol–water partition coefficient (Wildman–Crippen LogP) is 8.83. The van der Waals surface area contributed by atoms with E-state index >= 15 is 0 Å². The maximum atomic E-state index is 14.8. The van der Waals surface area contributed by atoms with Gasteiger partial charge in [0.15, 0.2) is 0 Å². The lowest BCUT2D eigenvalue weighted by Gasteiger charge is -2.37. The molecule has 82 heavy (non-hydrogen) atoms. The minimum Gasteiger partial charge on any atom is -0.343 e. The first kappa shape index (κ1) is 58.8. The zero-order valence-corrected chi connectivity index (χ0v) is 48.8. The van der Waals surface area contributed by atoms with Gasteiger partial charge in [-0.25, -0.2) is 0 Å². The molecule has 0 unspecified atom stereocenters. The van der Waals surface area contributed by atoms with Crippen molar-refractivity contribution < 1.29 is 28.8 Å². The van der Waals surface area contributed by atoms with Crippen LogP contribution in [0.4, 0.5) is 0 Å². The Morgan fingerprint density at radius 2 is 0.780 bits per heavy atom. The molecule has 2 heterocycles. The third kappa shape index (κ3) is 14.9. The minimum absolute atomic E-state index is 0.0128. The second kappa shape index (κ2) is 28.3. The summed E-state index contributed by atoms with van der Waals surface area (Å²) in [6.45, 7) is 2.98. The first-order chi connectivity index (χ1) is 40.1. The van der Waals surface area contributed by atoms with Gasteiger partial charge in [0.25, 0.3) is 11.8 Å². The maximum absolute atomic E-state index is 14.8. The summed E-state index contributed by atoms with van der Waals surface area (Å²) in [5.74, 6) is 0.437. The maximum Gasteiger partial charge on any atom is 0.253 e. The SMILES string of the molecule is CN[C@H](C(=O)N[C@H](C(=O)N1CCC[C@H]1CN(CCc1ccccc1)C(=O)c1ccc(-c2ccc(C(=O)N(CCc3ccccc3)C[C@@H]3CCCN3C(=O)[C@@H](NC(=O)[C@@H](NC)C3CC3)C3CCCCC3)cc2)cc1)C1CCCCC1)C1CC1. The molecule has 10 rings (SSSR count). The molecule has 6 fully saturated rings. The average Bonchev–Trinajstić information content (AvgIpc) is 4.57. The van der Waals surface area contributed by atoms with Crippen molar-refractivity contribution in [1.82, 2.24) is 40.9 Å². The van der Waals surface area contributed by atoms with Gasteiger partial charge in [-0.3, -0.25) is 28.8 Å². The average molecular weight is 1120 g/mol. The Balaban J connectivity index is 0.827. The lowest BCUT2D eigenvalue weighted by Crippen LogP contribution is -2.58. The van der Waals surface area contributed by atoms with Gasteiger partial charge < -0.3 is 40.9 Å². The summed E-state index contributed by atoms with van der Waals surface area (Å²) in [6.07, 6.45) is 18.9. The zero-order chi connectivity index (χ0) is 57.0. The van der Waals surface area contributed by atoms with Crippen LogP contribution in [0.3, 0.4) is 0 Å². The van der Waals surface area contributed by atoms with E-state index < -0.39 is 12.1 Å². The third-order valence-electron chi connectivity index (χ3n) is 19.1. The summed E-state index contributed by atoms with van der Waals surface area (Å²) in [5.41, 5.74) is 5.21. The molecule has 0 radical (unpaired) electrons. The zero-order valence-electron chi connectivity index (χ0n) is 48.8. The molecule has 0 spiro atoms. The van der Waals surface area contributed by atoms with Crippen LogP contribution in [-0.4, -0.2) is 145 Å². The summed E-state index contributed by atoms with van der Waals surface area (Å²) in [4.78, 5) is 94.5. The first-order valence-corrected chi connectivity index (χ1v) is 31.5. The molecule has 6 aliphatic rings. The van der Waals surface area contributed by atoms with Gasteiger partial charge in [0.2, 0.25) is 23.6 Å². The van der Waals surface area contributed by atoms with E-state index in [9.17, 15) is 28.8 Å². The molecule has 6 atom stereocenters. The van der Waals surface area contributed by atoms with Crippen molar-refractivity contribution >= 4 is 35.4 Å². The van der Waals surface area contributed by atoms with Gasteiger partial charge >= 0.3 is 0 Å². The van der Waals surface area contributed by atoms with E-state index in [4.69, 9.17) is 0 Å². The van der Waals surface area contributed by atoms with Crippen molar-refractivity contribution in [2.45, 2.75) is 165 Å². The lowest BCUT2D eigenvalue weighted by molar-refractivity contribution is -0.140. The highest BCUT2D eigenvalue weighted by atomic mass is 16.2. The molecule has 4 aromatic carbocycles. The Bertz CT molecular complexity index is 2570. The number of hydrogen-bond donors (Lipinski definition) is 4. The largest absolute Gasteiger partial charge is 0.343 e. The normalized spacial score (nSPS) is 21.0. The smallest absolute Gasteiger partial charge is 0.253 e. The minimum atomic E-state index is -0.579. The number of likely N-dealkylation sites (N-methyl/N-ethyl adjacent to an activating group) is 2. The number of nitrogens with zero attached hydrogens (tertiary/aromatic N) is 4. The molecule has 4 aliphatic carbocycles. The second-order valence-corrected chi connectivity index (χ2v) is 24.8. The Morgan fingerprint density at radius 1 is 0.427 bits per heavy atom. The molecule has 6 amide bonds. The van der Waals surface area contributed by atoms with E-state index in [-0.39, 0.29) is 71.4 Å². The third-order valence-corrected chi connectivity index (χ3v) is 19.1. The fraction of sp³-hybridized carbons (Fsp3) is 0.559. The van der Waals surface area contributed by atoms with Crippen LogP contribution in [0.5, 0.6) is 0 Å². The van der Waals surface area contributed by atoms with E-state index in [1.54, 1.807) is 0 Å². The summed E-state index contributed by atoms with van der Waals surface area (Å²) < 4.78 is 0. The number of rotatable bonds is 25. The van der Waals surface area contributed by atoms with Gasteiger partial charge in [0, 0.05) is 62.5 Å². The van der Waals surface area contributed by atoms with E-state index in [0.717, 1.165) is 138 Å². The number of hydrogen-bond acceptors (Lipinski definition) is 8. The molecule has 438 valence electrons. The number of likely N-dealkylation sites (tertiary alicyclic amines) is 2. The van der Waals surface area contributed by atoms with Crippen LogP contribution in [0, 0.1) is 23.7 Å². The Hall–Kier alpha value is -6.38. The van der Waals surface area contributed by atoms with Crippen LogP contribution in [-0.2, 0) is 32.0 Å². The quantitative estimate of drug-likeness (QED) is 0.0512. The van der Waals surface area contributed by atoms with Gasteiger partial charge in [-0.1, -0.05) is 123 Å². The molecule has 0 bridgehead atoms. The predicted molar refractivity (Wildman–Crippen MR) is 322 cm³/mol. The number of amides is 6. The molecule has 14 heteroatoms. The van der Waals surface area contributed by atoms with Crippen molar-refractivity contribution in [2.24, 2.45) is 23.7 Å². The number of carbonyl (C=O) groups is 6. The molecule has 14 nitrogen and oxygen atoms in total. The fourth-order valence-electron chi connectivity index (χ4n) is 14.0. The Morgan fingerprint density at radius 3 is 1.12 bits per heavy atom. The summed E-state index contributed by atoms with van der Waals surface area (Å²) in [7, 11) is 3.66. The molecule has 4 saturated carbocycles. The highest BCUT2D eigenvalue weighted by Crippen LogP contribution is 2.36. The van der Waals surface area contributed by atoms with Gasteiger partial charge in [-0.2, -0.15) is 0 Å². The lowest BCUT2D eigenvalue weighted by atomic mass is 9.83. The number of carbonyl (C=O) groups excluding carboxylic acids is 6. The van der Waals surface area contributed by atoms with E-state index in [1.165, 1.54) is 0 Å². The second-order valence-electron chi connectivity index (χ2n) is 24.8. The summed E-state index contributed by atoms with van der Waals surface area (Å²) >= 11 is 0. The molecule has 2 saturated heterocycles. The summed E-state index contributed by atoms with van der Waals surface area (Å²) in [6, 6.07) is 33.7. The van der Waals surface area contributed by atoms with Crippen LogP contribution in [0.2, 0.25) is 0 Å².